The Kier molecular flexibility index (Phi) is 4.11. The van der Waals surface area contributed by atoms with Gasteiger partial charge in [0.25, 0.3) is 0 Å². The minimum Gasteiger partial charge on any atom is -0.496 e. The molecule has 0 radical (unpaired) electrons. The number of halogens is 1. The highest BCUT2D eigenvalue weighted by Crippen LogP contribution is 2.53. The Bertz CT molecular complexity index is 967. The number of amides is 1. The Morgan fingerprint density at radius 1 is 1.22 bits per heavy atom. The Morgan fingerprint density at radius 3 is 2.74 bits per heavy atom. The zero-order chi connectivity index (χ0) is 19.4. The number of ether oxygens (including phenoxy) is 1. The molecular weight excluding hydrogens is 404 g/mol. The van der Waals surface area contributed by atoms with E-state index in [9.17, 15) is 4.79 Å². The Morgan fingerprint density at radius 2 is 2.00 bits per heavy atom. The van der Waals surface area contributed by atoms with Crippen molar-refractivity contribution in [2.45, 2.75) is 31.8 Å². The van der Waals surface area contributed by atoms with Crippen LogP contribution in [0.4, 0.5) is 5.69 Å². The van der Waals surface area contributed by atoms with E-state index < -0.39 is 5.66 Å². The maximum absolute atomic E-state index is 12.4. The summed E-state index contributed by atoms with van der Waals surface area (Å²) >= 11 is 3.53. The van der Waals surface area contributed by atoms with Crippen molar-refractivity contribution in [3.8, 4) is 5.75 Å². The first-order valence-electron chi connectivity index (χ1n) is 9.01. The summed E-state index contributed by atoms with van der Waals surface area (Å²) in [4.78, 5) is 14.6. The molecule has 1 N–H and O–H groups in total. The average Bonchev–Trinajstić information content (AvgIpc) is 3.04. The summed E-state index contributed by atoms with van der Waals surface area (Å²) < 4.78 is 6.49. The number of aryl methyl sites for hydroxylation is 1. The fourth-order valence-corrected chi connectivity index (χ4v) is 4.71. The first-order chi connectivity index (χ1) is 12.8. The molecule has 0 spiro atoms. The fourth-order valence-electron chi connectivity index (χ4n) is 4.33. The molecule has 2 heterocycles. The van der Waals surface area contributed by atoms with Crippen molar-refractivity contribution < 1.29 is 9.53 Å². The van der Waals surface area contributed by atoms with Gasteiger partial charge in [-0.05, 0) is 42.8 Å². The van der Waals surface area contributed by atoms with E-state index in [1.54, 1.807) is 7.11 Å². The van der Waals surface area contributed by atoms with Crippen molar-refractivity contribution in [3.63, 3.8) is 0 Å². The van der Waals surface area contributed by atoms with E-state index in [1.165, 1.54) is 11.1 Å². The first-order valence-corrected chi connectivity index (χ1v) is 9.80. The van der Waals surface area contributed by atoms with Crippen LogP contribution in [0.5, 0.6) is 5.75 Å². The topological polar surface area (TPSA) is 41.6 Å². The molecule has 1 saturated heterocycles. The monoisotopic (exact) mass is 426 g/mol. The maximum atomic E-state index is 12.4. The van der Waals surface area contributed by atoms with Crippen LogP contribution in [0, 0.1) is 6.92 Å². The Balaban J connectivity index is 1.85. The van der Waals surface area contributed by atoms with Gasteiger partial charge in [-0.2, -0.15) is 0 Å². The number of hydrogen-bond donors (Lipinski definition) is 1. The van der Waals surface area contributed by atoms with Gasteiger partial charge >= 0.3 is 0 Å². The molecule has 0 aliphatic carbocycles. The standard InChI is InChI=1S/C22H23BrN2O2/c1-14-5-7-18-17(11-14)21(2,3)22(24-20(26)13-25(18)22)10-9-15-12-16(23)6-8-19(15)27-4/h5-12H,13H2,1-4H3,(H,24,26)/t22-/m1/s1. The largest absolute Gasteiger partial charge is 0.496 e. The summed E-state index contributed by atoms with van der Waals surface area (Å²) in [5, 5.41) is 3.26. The number of nitrogens with zero attached hydrogens (tertiary/aromatic N) is 1. The van der Waals surface area contributed by atoms with Gasteiger partial charge in [0.1, 0.15) is 11.4 Å². The lowest BCUT2D eigenvalue weighted by atomic mass is 9.75. The van der Waals surface area contributed by atoms with Crippen LogP contribution >= 0.6 is 15.9 Å². The lowest BCUT2D eigenvalue weighted by molar-refractivity contribution is -0.118. The van der Waals surface area contributed by atoms with Crippen molar-refractivity contribution in [2.24, 2.45) is 0 Å². The third-order valence-electron chi connectivity index (χ3n) is 5.82. The number of benzene rings is 2. The third kappa shape index (κ3) is 2.59. The minimum atomic E-state index is -0.604. The summed E-state index contributed by atoms with van der Waals surface area (Å²) in [6.45, 7) is 6.85. The van der Waals surface area contributed by atoms with Crippen LogP contribution < -0.4 is 15.0 Å². The van der Waals surface area contributed by atoms with Gasteiger partial charge in [-0.25, -0.2) is 0 Å². The molecule has 0 aromatic heterocycles. The molecule has 2 aromatic rings. The van der Waals surface area contributed by atoms with E-state index in [2.05, 4.69) is 71.2 Å². The summed E-state index contributed by atoms with van der Waals surface area (Å²) in [7, 11) is 1.67. The number of carbonyl (C=O) groups is 1. The molecule has 2 aliphatic rings. The van der Waals surface area contributed by atoms with Crippen LogP contribution in [0.3, 0.4) is 0 Å². The van der Waals surface area contributed by atoms with Crippen molar-refractivity contribution in [3.05, 3.63) is 63.6 Å². The van der Waals surface area contributed by atoms with Crippen LogP contribution in [0.1, 0.15) is 30.5 Å². The Hall–Kier alpha value is -2.27. The molecule has 2 aliphatic heterocycles. The zero-order valence-electron chi connectivity index (χ0n) is 16.0. The van der Waals surface area contributed by atoms with Crippen molar-refractivity contribution in [1.29, 1.82) is 0 Å². The molecule has 4 rings (SSSR count). The lowest BCUT2D eigenvalue weighted by Crippen LogP contribution is -2.58. The van der Waals surface area contributed by atoms with E-state index in [-0.39, 0.29) is 11.3 Å². The van der Waals surface area contributed by atoms with Gasteiger partial charge in [0.2, 0.25) is 5.91 Å². The van der Waals surface area contributed by atoms with E-state index in [4.69, 9.17) is 4.74 Å². The highest BCUT2D eigenvalue weighted by Gasteiger charge is 2.59. The number of hydrogen-bond acceptors (Lipinski definition) is 3. The second-order valence-electron chi connectivity index (χ2n) is 7.77. The molecule has 1 amide bonds. The van der Waals surface area contributed by atoms with Crippen LogP contribution in [0.2, 0.25) is 0 Å². The third-order valence-corrected chi connectivity index (χ3v) is 6.32. The average molecular weight is 427 g/mol. The van der Waals surface area contributed by atoms with Crippen LogP contribution in [-0.4, -0.2) is 25.2 Å². The molecule has 4 nitrogen and oxygen atoms in total. The molecule has 0 saturated carbocycles. The van der Waals surface area contributed by atoms with Gasteiger partial charge in [-0.1, -0.05) is 53.5 Å². The molecule has 5 heteroatoms. The highest BCUT2D eigenvalue weighted by molar-refractivity contribution is 9.10. The van der Waals surface area contributed by atoms with Gasteiger partial charge in [0.15, 0.2) is 0 Å². The van der Waals surface area contributed by atoms with Gasteiger partial charge in [-0.3, -0.25) is 4.79 Å². The SMILES string of the molecule is COc1ccc(Br)cc1C=C[C@@]12NC(=O)CN1c1ccc(C)cc1C2(C)C. The number of rotatable bonds is 3. The molecule has 2 aromatic carbocycles. The van der Waals surface area contributed by atoms with Crippen LogP contribution in [0.15, 0.2) is 46.9 Å². The normalized spacial score (nSPS) is 22.7. The highest BCUT2D eigenvalue weighted by atomic mass is 79.9. The van der Waals surface area contributed by atoms with Crippen LogP contribution in [0.25, 0.3) is 6.08 Å². The maximum Gasteiger partial charge on any atom is 0.241 e. The predicted molar refractivity (Wildman–Crippen MR) is 112 cm³/mol. The summed E-state index contributed by atoms with van der Waals surface area (Å²) in [6.07, 6.45) is 4.15. The Labute approximate surface area is 168 Å². The molecule has 0 unspecified atom stereocenters. The molecular formula is C22H23BrN2O2. The number of methoxy groups -OCH3 is 1. The van der Waals surface area contributed by atoms with Gasteiger partial charge < -0.3 is 15.0 Å². The molecule has 1 atom stereocenters. The fraction of sp³-hybridized carbons (Fsp3) is 0.318. The van der Waals surface area contributed by atoms with Crippen LogP contribution in [-0.2, 0) is 10.2 Å². The second-order valence-corrected chi connectivity index (χ2v) is 8.68. The zero-order valence-corrected chi connectivity index (χ0v) is 17.6. The molecule has 1 fully saturated rings. The first kappa shape index (κ1) is 18.1. The predicted octanol–water partition coefficient (Wildman–Crippen LogP) is 4.40. The van der Waals surface area contributed by atoms with E-state index in [0.29, 0.717) is 6.54 Å². The summed E-state index contributed by atoms with van der Waals surface area (Å²) in [6, 6.07) is 12.4. The number of anilines is 1. The number of nitrogens with one attached hydrogen (secondary N) is 1. The quantitative estimate of drug-likeness (QED) is 0.790. The molecule has 140 valence electrons. The number of fused-ring (bicyclic) bond motifs is 3. The van der Waals surface area contributed by atoms with Gasteiger partial charge in [0, 0.05) is 21.1 Å². The number of carbonyl (C=O) groups excluding carboxylic acids is 1. The molecule has 27 heavy (non-hydrogen) atoms. The van der Waals surface area contributed by atoms with Crippen molar-refractivity contribution in [1.82, 2.24) is 5.32 Å². The van der Waals surface area contributed by atoms with Gasteiger partial charge in [0.05, 0.1) is 13.7 Å². The minimum absolute atomic E-state index is 0.0418. The summed E-state index contributed by atoms with van der Waals surface area (Å²) in [5.41, 5.74) is 3.68. The molecule has 0 bridgehead atoms. The van der Waals surface area contributed by atoms with Crippen molar-refractivity contribution >= 4 is 33.6 Å². The van der Waals surface area contributed by atoms with Crippen molar-refractivity contribution in [2.75, 3.05) is 18.6 Å². The summed E-state index contributed by atoms with van der Waals surface area (Å²) in [5.74, 6) is 0.839. The second kappa shape index (κ2) is 6.13. The van der Waals surface area contributed by atoms with E-state index >= 15 is 0 Å². The van der Waals surface area contributed by atoms with E-state index in [1.807, 2.05) is 24.3 Å². The lowest BCUT2D eigenvalue weighted by Gasteiger charge is -2.40. The van der Waals surface area contributed by atoms with Gasteiger partial charge in [-0.15, -0.1) is 0 Å². The van der Waals surface area contributed by atoms with E-state index in [0.717, 1.165) is 21.5 Å². The smallest absolute Gasteiger partial charge is 0.241 e.